The van der Waals surface area contributed by atoms with Gasteiger partial charge in [-0.05, 0) is 52.4 Å². The highest BCUT2D eigenvalue weighted by Crippen LogP contribution is 2.06. The van der Waals surface area contributed by atoms with E-state index in [0.717, 1.165) is 44.6 Å². The highest BCUT2D eigenvalue weighted by Gasteiger charge is 2.06. The maximum absolute atomic E-state index is 3.57. The number of hydrogen-bond donors (Lipinski definition) is 2. The van der Waals surface area contributed by atoms with Crippen LogP contribution in [0.25, 0.3) is 0 Å². The van der Waals surface area contributed by atoms with Crippen molar-refractivity contribution in [3.63, 3.8) is 0 Å². The van der Waals surface area contributed by atoms with Crippen molar-refractivity contribution in [1.29, 1.82) is 0 Å². The van der Waals surface area contributed by atoms with Gasteiger partial charge in [0.05, 0.1) is 0 Å². The average Bonchev–Trinajstić information content (AvgIpc) is 2.39. The van der Waals surface area contributed by atoms with Crippen LogP contribution in [-0.2, 0) is 0 Å². The molecule has 0 saturated carbocycles. The zero-order valence-electron chi connectivity index (χ0n) is 15.4. The summed E-state index contributed by atoms with van der Waals surface area (Å²) < 4.78 is 0. The van der Waals surface area contributed by atoms with Gasteiger partial charge in [-0.1, -0.05) is 20.8 Å². The van der Waals surface area contributed by atoms with Gasteiger partial charge in [0.2, 0.25) is 0 Å². The lowest BCUT2D eigenvalue weighted by Crippen LogP contribution is -2.32. The van der Waals surface area contributed by atoms with Crippen LogP contribution in [0, 0.1) is 11.8 Å². The molecule has 1 unspecified atom stereocenters. The third kappa shape index (κ3) is 14.5. The van der Waals surface area contributed by atoms with Gasteiger partial charge in [-0.25, -0.2) is 0 Å². The summed E-state index contributed by atoms with van der Waals surface area (Å²) in [5.41, 5.74) is 0. The summed E-state index contributed by atoms with van der Waals surface area (Å²) in [4.78, 5) is 4.84. The summed E-state index contributed by atoms with van der Waals surface area (Å²) in [5, 5.41) is 6.77. The van der Waals surface area contributed by atoms with Gasteiger partial charge >= 0.3 is 0 Å². The van der Waals surface area contributed by atoms with Crippen LogP contribution >= 0.6 is 0 Å². The van der Waals surface area contributed by atoms with Gasteiger partial charge in [0.1, 0.15) is 0 Å². The van der Waals surface area contributed by atoms with Crippen LogP contribution in [0.1, 0.15) is 33.6 Å². The highest BCUT2D eigenvalue weighted by atomic mass is 15.1. The van der Waals surface area contributed by atoms with Crippen LogP contribution < -0.4 is 10.6 Å². The SMILES string of the molecule is CNCCN(C)CC(C)CCCNCCN(C)CC(C)C. The van der Waals surface area contributed by atoms with Crippen molar-refractivity contribution in [2.24, 2.45) is 11.8 Å². The largest absolute Gasteiger partial charge is 0.318 e. The fourth-order valence-electron chi connectivity index (χ4n) is 2.70. The second-order valence-electron chi connectivity index (χ2n) is 7.02. The van der Waals surface area contributed by atoms with E-state index >= 15 is 0 Å². The standard InChI is InChI=1S/C17H40N4/c1-16(2)14-20(5)13-11-19-9-7-8-17(3)15-21(6)12-10-18-4/h16-19H,7-15H2,1-6H3. The molecule has 4 nitrogen and oxygen atoms in total. The van der Waals surface area contributed by atoms with Gasteiger partial charge < -0.3 is 20.4 Å². The van der Waals surface area contributed by atoms with E-state index in [1.165, 1.54) is 25.9 Å². The molecule has 21 heavy (non-hydrogen) atoms. The Morgan fingerprint density at radius 1 is 0.857 bits per heavy atom. The first kappa shape index (κ1) is 20.8. The number of likely N-dealkylation sites (N-methyl/N-ethyl adjacent to an activating group) is 3. The lowest BCUT2D eigenvalue weighted by atomic mass is 10.1. The topological polar surface area (TPSA) is 30.5 Å². The minimum atomic E-state index is 0.760. The van der Waals surface area contributed by atoms with Crippen molar-refractivity contribution in [1.82, 2.24) is 20.4 Å². The Morgan fingerprint density at radius 2 is 1.48 bits per heavy atom. The summed E-state index contributed by atoms with van der Waals surface area (Å²) >= 11 is 0. The molecular weight excluding hydrogens is 260 g/mol. The first-order chi connectivity index (χ1) is 9.95. The number of nitrogens with zero attached hydrogens (tertiary/aromatic N) is 2. The van der Waals surface area contributed by atoms with E-state index < -0.39 is 0 Å². The first-order valence-corrected chi connectivity index (χ1v) is 8.68. The second kappa shape index (κ2) is 13.5. The summed E-state index contributed by atoms with van der Waals surface area (Å²) in [6, 6.07) is 0. The van der Waals surface area contributed by atoms with Crippen LogP contribution in [0.2, 0.25) is 0 Å². The third-order valence-electron chi connectivity index (χ3n) is 3.76. The molecule has 0 aliphatic rings. The third-order valence-corrected chi connectivity index (χ3v) is 3.76. The molecule has 0 aromatic carbocycles. The number of rotatable bonds is 14. The van der Waals surface area contributed by atoms with Gasteiger partial charge in [0.15, 0.2) is 0 Å². The summed E-state index contributed by atoms with van der Waals surface area (Å²) in [7, 11) is 6.45. The van der Waals surface area contributed by atoms with E-state index in [4.69, 9.17) is 0 Å². The molecule has 0 aliphatic heterocycles. The maximum Gasteiger partial charge on any atom is 0.0104 e. The molecule has 4 heteroatoms. The van der Waals surface area contributed by atoms with E-state index in [2.05, 4.69) is 55.3 Å². The zero-order valence-corrected chi connectivity index (χ0v) is 15.4. The molecule has 0 aromatic rings. The van der Waals surface area contributed by atoms with E-state index in [1.54, 1.807) is 0 Å². The minimum absolute atomic E-state index is 0.760. The maximum atomic E-state index is 3.57. The molecule has 0 amide bonds. The molecule has 1 atom stereocenters. The predicted octanol–water partition coefficient (Wildman–Crippen LogP) is 1.73. The molecule has 0 radical (unpaired) electrons. The minimum Gasteiger partial charge on any atom is -0.318 e. The van der Waals surface area contributed by atoms with Crippen molar-refractivity contribution in [2.75, 3.05) is 67.0 Å². The monoisotopic (exact) mass is 300 g/mol. The number of nitrogens with one attached hydrogen (secondary N) is 2. The van der Waals surface area contributed by atoms with E-state index in [0.29, 0.717) is 0 Å². The molecule has 0 rings (SSSR count). The van der Waals surface area contributed by atoms with Crippen molar-refractivity contribution < 1.29 is 0 Å². The quantitative estimate of drug-likeness (QED) is 0.478. The Labute approximate surface area is 133 Å². The Kier molecular flexibility index (Phi) is 13.4. The van der Waals surface area contributed by atoms with Gasteiger partial charge in [0.25, 0.3) is 0 Å². The van der Waals surface area contributed by atoms with E-state index in [9.17, 15) is 0 Å². The fourth-order valence-corrected chi connectivity index (χ4v) is 2.70. The van der Waals surface area contributed by atoms with Crippen molar-refractivity contribution >= 4 is 0 Å². The van der Waals surface area contributed by atoms with E-state index in [-0.39, 0.29) is 0 Å². The van der Waals surface area contributed by atoms with Crippen molar-refractivity contribution in [3.05, 3.63) is 0 Å². The molecule has 0 bridgehead atoms. The van der Waals surface area contributed by atoms with Crippen LogP contribution in [0.5, 0.6) is 0 Å². The molecule has 0 heterocycles. The Bertz CT molecular complexity index is 221. The van der Waals surface area contributed by atoms with Gasteiger partial charge in [-0.2, -0.15) is 0 Å². The van der Waals surface area contributed by atoms with Gasteiger partial charge in [0, 0.05) is 39.3 Å². The first-order valence-electron chi connectivity index (χ1n) is 8.68. The molecule has 128 valence electrons. The van der Waals surface area contributed by atoms with Crippen LogP contribution in [0.15, 0.2) is 0 Å². The molecule has 0 spiro atoms. The van der Waals surface area contributed by atoms with Gasteiger partial charge in [-0.3, -0.25) is 0 Å². The Hall–Kier alpha value is -0.160. The molecule has 2 N–H and O–H groups in total. The molecule has 0 saturated heterocycles. The van der Waals surface area contributed by atoms with Crippen molar-refractivity contribution in [3.8, 4) is 0 Å². The average molecular weight is 301 g/mol. The number of hydrogen-bond acceptors (Lipinski definition) is 4. The fraction of sp³-hybridized carbons (Fsp3) is 1.00. The normalized spacial score (nSPS) is 13.6. The Balaban J connectivity index is 3.41. The second-order valence-corrected chi connectivity index (χ2v) is 7.02. The molecule has 0 fully saturated rings. The summed E-state index contributed by atoms with van der Waals surface area (Å²) in [6.07, 6.45) is 2.60. The molecule has 0 aliphatic carbocycles. The van der Waals surface area contributed by atoms with Crippen LogP contribution in [0.3, 0.4) is 0 Å². The van der Waals surface area contributed by atoms with E-state index in [1.807, 2.05) is 7.05 Å². The lowest BCUT2D eigenvalue weighted by Gasteiger charge is -2.21. The molecular formula is C17H40N4. The zero-order chi connectivity index (χ0) is 16.1. The van der Waals surface area contributed by atoms with Crippen LogP contribution in [-0.4, -0.2) is 76.8 Å². The Morgan fingerprint density at radius 3 is 2.10 bits per heavy atom. The lowest BCUT2D eigenvalue weighted by molar-refractivity contribution is 0.274. The predicted molar refractivity (Wildman–Crippen MR) is 95.0 cm³/mol. The summed E-state index contributed by atoms with van der Waals surface area (Å²) in [6.45, 7) is 15.0. The smallest absolute Gasteiger partial charge is 0.0104 e. The molecule has 0 aromatic heterocycles. The van der Waals surface area contributed by atoms with Crippen LogP contribution in [0.4, 0.5) is 0 Å². The summed E-state index contributed by atoms with van der Waals surface area (Å²) in [5.74, 6) is 1.55. The van der Waals surface area contributed by atoms with Gasteiger partial charge in [-0.15, -0.1) is 0 Å². The van der Waals surface area contributed by atoms with Crippen molar-refractivity contribution in [2.45, 2.75) is 33.6 Å². The highest BCUT2D eigenvalue weighted by molar-refractivity contribution is 4.62.